The van der Waals surface area contributed by atoms with Crippen LogP contribution in [-0.2, 0) is 6.54 Å². The lowest BCUT2D eigenvalue weighted by molar-refractivity contribution is 0.447. The number of rotatable bonds is 2. The van der Waals surface area contributed by atoms with Crippen molar-refractivity contribution in [1.29, 1.82) is 0 Å². The molecule has 0 saturated carbocycles. The van der Waals surface area contributed by atoms with Gasteiger partial charge in [0.1, 0.15) is 5.82 Å². The minimum absolute atomic E-state index is 0.00305. The summed E-state index contributed by atoms with van der Waals surface area (Å²) in [4.78, 5) is 17.5. The minimum Gasteiger partial charge on any atom is -0.325 e. The molecule has 94 valence electrons. The number of halogens is 3. The normalized spacial score (nSPS) is 10.7. The summed E-state index contributed by atoms with van der Waals surface area (Å²) in [6, 6.07) is 2.66. The second-order valence-corrected chi connectivity index (χ2v) is 3.54. The van der Waals surface area contributed by atoms with Crippen molar-refractivity contribution in [2.45, 2.75) is 6.54 Å². The monoisotopic (exact) mass is 255 g/mol. The highest BCUT2D eigenvalue weighted by Gasteiger charge is 2.13. The number of benzene rings is 1. The number of aromatic amines is 1. The van der Waals surface area contributed by atoms with Crippen molar-refractivity contribution in [3.63, 3.8) is 0 Å². The van der Waals surface area contributed by atoms with E-state index in [1.54, 1.807) is 0 Å². The zero-order chi connectivity index (χ0) is 13.3. The fourth-order valence-electron chi connectivity index (χ4n) is 1.44. The molecule has 0 amide bonds. The molecule has 0 radical (unpaired) electrons. The molecule has 2 rings (SSSR count). The van der Waals surface area contributed by atoms with E-state index in [-0.39, 0.29) is 23.6 Å². The third kappa shape index (κ3) is 2.25. The lowest BCUT2D eigenvalue weighted by Gasteiger charge is -2.04. The van der Waals surface area contributed by atoms with E-state index in [1.807, 2.05) is 0 Å². The van der Waals surface area contributed by atoms with E-state index in [4.69, 9.17) is 5.73 Å². The SMILES string of the molecule is NCc1cc(=O)[nH]c(-c2cc(F)c(F)c(F)c2)n1. The number of nitrogens with zero attached hydrogens (tertiary/aromatic N) is 1. The summed E-state index contributed by atoms with van der Waals surface area (Å²) in [5, 5.41) is 0. The summed E-state index contributed by atoms with van der Waals surface area (Å²) in [7, 11) is 0. The lowest BCUT2D eigenvalue weighted by Crippen LogP contribution is -2.13. The van der Waals surface area contributed by atoms with Crippen LogP contribution in [-0.4, -0.2) is 9.97 Å². The van der Waals surface area contributed by atoms with Crippen LogP contribution in [0.2, 0.25) is 0 Å². The largest absolute Gasteiger partial charge is 0.325 e. The van der Waals surface area contributed by atoms with E-state index in [9.17, 15) is 18.0 Å². The summed E-state index contributed by atoms with van der Waals surface area (Å²) < 4.78 is 38.9. The number of hydrogen-bond donors (Lipinski definition) is 2. The van der Waals surface area contributed by atoms with Gasteiger partial charge in [0.15, 0.2) is 17.5 Å². The van der Waals surface area contributed by atoms with Crippen LogP contribution in [0.1, 0.15) is 5.69 Å². The summed E-state index contributed by atoms with van der Waals surface area (Å²) in [6.45, 7) is 0.00305. The summed E-state index contributed by atoms with van der Waals surface area (Å²) in [5.41, 5.74) is 5.01. The molecule has 3 N–H and O–H groups in total. The molecule has 0 saturated heterocycles. The molecule has 0 bridgehead atoms. The molecule has 0 unspecified atom stereocenters. The highest BCUT2D eigenvalue weighted by Crippen LogP contribution is 2.20. The Kier molecular flexibility index (Phi) is 3.15. The fourth-order valence-corrected chi connectivity index (χ4v) is 1.44. The first-order valence-electron chi connectivity index (χ1n) is 4.96. The van der Waals surface area contributed by atoms with Gasteiger partial charge in [-0.05, 0) is 12.1 Å². The number of nitrogens with one attached hydrogen (secondary N) is 1. The number of aromatic nitrogens is 2. The van der Waals surface area contributed by atoms with Gasteiger partial charge in [0.2, 0.25) is 0 Å². The van der Waals surface area contributed by atoms with Crippen molar-refractivity contribution >= 4 is 0 Å². The molecular weight excluding hydrogens is 247 g/mol. The standard InChI is InChI=1S/C11H8F3N3O/c12-7-1-5(2-8(13)10(7)14)11-16-6(4-15)3-9(18)17-11/h1-3H,4,15H2,(H,16,17,18). The summed E-state index contributed by atoms with van der Waals surface area (Å²) in [5.74, 6) is -4.35. The van der Waals surface area contributed by atoms with Gasteiger partial charge in [-0.1, -0.05) is 0 Å². The van der Waals surface area contributed by atoms with Crippen LogP contribution >= 0.6 is 0 Å². The first-order valence-corrected chi connectivity index (χ1v) is 4.96. The van der Waals surface area contributed by atoms with Crippen molar-refractivity contribution in [2.75, 3.05) is 0 Å². The second kappa shape index (κ2) is 4.61. The molecule has 0 spiro atoms. The first-order chi connectivity index (χ1) is 8.51. The van der Waals surface area contributed by atoms with Gasteiger partial charge in [0.05, 0.1) is 5.69 Å². The van der Waals surface area contributed by atoms with Crippen LogP contribution < -0.4 is 11.3 Å². The lowest BCUT2D eigenvalue weighted by atomic mass is 10.2. The highest BCUT2D eigenvalue weighted by atomic mass is 19.2. The second-order valence-electron chi connectivity index (χ2n) is 3.54. The molecule has 1 aromatic heterocycles. The quantitative estimate of drug-likeness (QED) is 0.795. The number of hydrogen-bond acceptors (Lipinski definition) is 3. The highest BCUT2D eigenvalue weighted by molar-refractivity contribution is 5.55. The third-order valence-electron chi connectivity index (χ3n) is 2.26. The average molecular weight is 255 g/mol. The first kappa shape index (κ1) is 12.3. The molecule has 0 aliphatic rings. The number of nitrogens with two attached hydrogens (primary N) is 1. The average Bonchev–Trinajstić information content (AvgIpc) is 2.34. The molecule has 0 fully saturated rings. The Morgan fingerprint density at radius 1 is 1.17 bits per heavy atom. The molecule has 1 heterocycles. The Balaban J connectivity index is 2.62. The van der Waals surface area contributed by atoms with Crippen molar-refractivity contribution < 1.29 is 13.2 Å². The molecule has 0 aliphatic heterocycles. The Morgan fingerprint density at radius 2 is 1.78 bits per heavy atom. The van der Waals surface area contributed by atoms with Gasteiger partial charge in [-0.3, -0.25) is 4.79 Å². The van der Waals surface area contributed by atoms with Gasteiger partial charge in [-0.15, -0.1) is 0 Å². The topological polar surface area (TPSA) is 71.8 Å². The Hall–Kier alpha value is -2.15. The van der Waals surface area contributed by atoms with E-state index >= 15 is 0 Å². The van der Waals surface area contributed by atoms with E-state index < -0.39 is 23.0 Å². The summed E-state index contributed by atoms with van der Waals surface area (Å²) >= 11 is 0. The van der Waals surface area contributed by atoms with Crippen LogP contribution in [0.3, 0.4) is 0 Å². The molecule has 2 aromatic rings. The van der Waals surface area contributed by atoms with Gasteiger partial charge in [0, 0.05) is 18.2 Å². The smallest absolute Gasteiger partial charge is 0.251 e. The summed E-state index contributed by atoms with van der Waals surface area (Å²) in [6.07, 6.45) is 0. The Labute approximate surface area is 99.3 Å². The maximum Gasteiger partial charge on any atom is 0.251 e. The maximum absolute atomic E-state index is 13.0. The zero-order valence-electron chi connectivity index (χ0n) is 9.01. The zero-order valence-corrected chi connectivity index (χ0v) is 9.01. The van der Waals surface area contributed by atoms with Crippen LogP contribution in [0.15, 0.2) is 23.0 Å². The van der Waals surface area contributed by atoms with Crippen molar-refractivity contribution in [2.24, 2.45) is 5.73 Å². The minimum atomic E-state index is -1.57. The van der Waals surface area contributed by atoms with Gasteiger partial charge >= 0.3 is 0 Å². The number of H-pyrrole nitrogens is 1. The van der Waals surface area contributed by atoms with Gasteiger partial charge < -0.3 is 10.7 Å². The molecule has 7 heteroatoms. The predicted octanol–water partition coefficient (Wildman–Crippen LogP) is 1.31. The fraction of sp³-hybridized carbons (Fsp3) is 0.0909. The molecule has 0 aliphatic carbocycles. The van der Waals surface area contributed by atoms with E-state index in [0.29, 0.717) is 0 Å². The van der Waals surface area contributed by atoms with Crippen LogP contribution in [0.5, 0.6) is 0 Å². The van der Waals surface area contributed by atoms with Crippen molar-refractivity contribution in [3.8, 4) is 11.4 Å². The third-order valence-corrected chi connectivity index (χ3v) is 2.26. The molecular formula is C11H8F3N3O. The van der Waals surface area contributed by atoms with Gasteiger partial charge in [-0.2, -0.15) is 0 Å². The van der Waals surface area contributed by atoms with Crippen molar-refractivity contribution in [1.82, 2.24) is 9.97 Å². The Bertz CT molecular complexity index is 631. The molecule has 0 atom stereocenters. The molecule has 18 heavy (non-hydrogen) atoms. The van der Waals surface area contributed by atoms with E-state index in [1.165, 1.54) is 6.07 Å². The van der Waals surface area contributed by atoms with Crippen LogP contribution in [0.25, 0.3) is 11.4 Å². The van der Waals surface area contributed by atoms with E-state index in [2.05, 4.69) is 9.97 Å². The van der Waals surface area contributed by atoms with Gasteiger partial charge in [0.25, 0.3) is 5.56 Å². The predicted molar refractivity (Wildman–Crippen MR) is 58.1 cm³/mol. The Morgan fingerprint density at radius 3 is 2.33 bits per heavy atom. The molecule has 4 nitrogen and oxygen atoms in total. The molecule has 1 aromatic carbocycles. The maximum atomic E-state index is 13.0. The van der Waals surface area contributed by atoms with Crippen molar-refractivity contribution in [3.05, 3.63) is 51.7 Å². The van der Waals surface area contributed by atoms with Crippen LogP contribution in [0.4, 0.5) is 13.2 Å². The van der Waals surface area contributed by atoms with E-state index in [0.717, 1.165) is 12.1 Å². The van der Waals surface area contributed by atoms with Gasteiger partial charge in [-0.25, -0.2) is 18.2 Å². The van der Waals surface area contributed by atoms with Crippen LogP contribution in [0, 0.1) is 17.5 Å².